The highest BCUT2D eigenvalue weighted by atomic mass is 19.1. The van der Waals surface area contributed by atoms with Gasteiger partial charge in [0.2, 0.25) is 5.75 Å². The SMILES string of the molecule is CNc1nc(Oc2c(F)cccc2[N+](=O)[O-])c(F)cc1F. The van der Waals surface area contributed by atoms with Gasteiger partial charge in [0.25, 0.3) is 5.88 Å². The molecule has 1 heterocycles. The molecule has 0 atom stereocenters. The van der Waals surface area contributed by atoms with Crippen LogP contribution >= 0.6 is 0 Å². The molecule has 0 fully saturated rings. The normalized spacial score (nSPS) is 10.3. The monoisotopic (exact) mass is 299 g/mol. The van der Waals surface area contributed by atoms with Crippen molar-refractivity contribution < 1.29 is 22.8 Å². The Hall–Kier alpha value is -2.84. The average molecular weight is 299 g/mol. The van der Waals surface area contributed by atoms with Gasteiger partial charge in [-0.3, -0.25) is 10.1 Å². The van der Waals surface area contributed by atoms with E-state index in [1.54, 1.807) is 0 Å². The number of para-hydroxylation sites is 1. The largest absolute Gasteiger partial charge is 0.426 e. The fourth-order valence-corrected chi connectivity index (χ4v) is 1.54. The smallest absolute Gasteiger partial charge is 0.314 e. The van der Waals surface area contributed by atoms with Crippen molar-refractivity contribution in [3.05, 3.63) is 51.8 Å². The van der Waals surface area contributed by atoms with Gasteiger partial charge in [-0.1, -0.05) is 6.07 Å². The van der Waals surface area contributed by atoms with Gasteiger partial charge in [0.05, 0.1) is 4.92 Å². The Kier molecular flexibility index (Phi) is 3.92. The lowest BCUT2D eigenvalue weighted by atomic mass is 10.3. The Labute approximate surface area is 116 Å². The summed E-state index contributed by atoms with van der Waals surface area (Å²) in [6.45, 7) is 0. The van der Waals surface area contributed by atoms with Crippen molar-refractivity contribution in [1.82, 2.24) is 4.98 Å². The molecule has 0 spiro atoms. The van der Waals surface area contributed by atoms with E-state index in [9.17, 15) is 23.3 Å². The topological polar surface area (TPSA) is 77.3 Å². The highest BCUT2D eigenvalue weighted by Crippen LogP contribution is 2.34. The van der Waals surface area contributed by atoms with E-state index in [1.165, 1.54) is 7.05 Å². The van der Waals surface area contributed by atoms with Gasteiger partial charge >= 0.3 is 5.69 Å². The van der Waals surface area contributed by atoms with E-state index < -0.39 is 39.7 Å². The Morgan fingerprint density at radius 3 is 2.57 bits per heavy atom. The third-order valence-electron chi connectivity index (χ3n) is 2.48. The molecule has 0 aliphatic carbocycles. The van der Waals surface area contributed by atoms with Crippen LogP contribution in [-0.2, 0) is 0 Å². The molecule has 9 heteroatoms. The maximum Gasteiger partial charge on any atom is 0.314 e. The van der Waals surface area contributed by atoms with Crippen molar-refractivity contribution in [3.8, 4) is 11.6 Å². The van der Waals surface area contributed by atoms with Crippen LogP contribution in [-0.4, -0.2) is 17.0 Å². The van der Waals surface area contributed by atoms with Gasteiger partial charge in [-0.05, 0) is 6.07 Å². The fourth-order valence-electron chi connectivity index (χ4n) is 1.54. The molecule has 0 aliphatic heterocycles. The van der Waals surface area contributed by atoms with Crippen LogP contribution in [0.5, 0.6) is 11.6 Å². The second kappa shape index (κ2) is 5.65. The summed E-state index contributed by atoms with van der Waals surface area (Å²) in [6.07, 6.45) is 0. The maximum absolute atomic E-state index is 13.6. The lowest BCUT2D eigenvalue weighted by Crippen LogP contribution is -2.03. The number of aromatic nitrogens is 1. The molecule has 2 rings (SSSR count). The molecule has 0 bridgehead atoms. The summed E-state index contributed by atoms with van der Waals surface area (Å²) >= 11 is 0. The van der Waals surface area contributed by atoms with Crippen LogP contribution in [0.3, 0.4) is 0 Å². The van der Waals surface area contributed by atoms with Crippen LogP contribution in [0, 0.1) is 27.6 Å². The van der Waals surface area contributed by atoms with E-state index in [2.05, 4.69) is 10.3 Å². The van der Waals surface area contributed by atoms with Crippen molar-refractivity contribution in [1.29, 1.82) is 0 Å². The third-order valence-corrected chi connectivity index (χ3v) is 2.48. The van der Waals surface area contributed by atoms with Gasteiger partial charge in [-0.2, -0.15) is 4.98 Å². The third kappa shape index (κ3) is 2.86. The lowest BCUT2D eigenvalue weighted by molar-refractivity contribution is -0.385. The highest BCUT2D eigenvalue weighted by Gasteiger charge is 2.23. The van der Waals surface area contributed by atoms with Gasteiger partial charge in [-0.15, -0.1) is 0 Å². The fraction of sp³-hybridized carbons (Fsp3) is 0.0833. The van der Waals surface area contributed by atoms with Gasteiger partial charge in [0, 0.05) is 19.2 Å². The van der Waals surface area contributed by atoms with Crippen molar-refractivity contribution in [2.24, 2.45) is 0 Å². The zero-order valence-electron chi connectivity index (χ0n) is 10.6. The first-order valence-corrected chi connectivity index (χ1v) is 5.58. The number of hydrogen-bond donors (Lipinski definition) is 1. The van der Waals surface area contributed by atoms with Crippen molar-refractivity contribution in [2.75, 3.05) is 12.4 Å². The molecule has 110 valence electrons. The van der Waals surface area contributed by atoms with Crippen LogP contribution < -0.4 is 10.1 Å². The van der Waals surface area contributed by atoms with E-state index in [0.717, 1.165) is 18.2 Å². The molecule has 1 aromatic carbocycles. The van der Waals surface area contributed by atoms with Gasteiger partial charge < -0.3 is 10.1 Å². The molecule has 1 N–H and O–H groups in total. The molecule has 0 amide bonds. The van der Waals surface area contributed by atoms with Gasteiger partial charge in [0.1, 0.15) is 0 Å². The molecular weight excluding hydrogens is 291 g/mol. The van der Waals surface area contributed by atoms with Gasteiger partial charge in [0.15, 0.2) is 23.3 Å². The molecule has 0 saturated carbocycles. The van der Waals surface area contributed by atoms with E-state index in [-0.39, 0.29) is 5.82 Å². The second-order valence-corrected chi connectivity index (χ2v) is 3.80. The standard InChI is InChI=1S/C12H8F3N3O3/c1-16-11-7(14)5-8(15)12(17-11)21-10-6(13)3-2-4-9(10)18(19)20/h2-5H,1H3,(H,16,17). The number of anilines is 1. The summed E-state index contributed by atoms with van der Waals surface area (Å²) in [5.74, 6) is -5.20. The molecule has 1 aromatic heterocycles. The molecule has 21 heavy (non-hydrogen) atoms. The number of nitro groups is 1. The number of halogens is 3. The van der Waals surface area contributed by atoms with Crippen LogP contribution in [0.15, 0.2) is 24.3 Å². The predicted octanol–water partition coefficient (Wildman–Crippen LogP) is 3.24. The Morgan fingerprint density at radius 2 is 1.95 bits per heavy atom. The van der Waals surface area contributed by atoms with E-state index in [1.807, 2.05) is 0 Å². The number of pyridine rings is 1. The van der Waals surface area contributed by atoms with Crippen LogP contribution in [0.4, 0.5) is 24.7 Å². The summed E-state index contributed by atoms with van der Waals surface area (Å²) in [5.41, 5.74) is -0.702. The quantitative estimate of drug-likeness (QED) is 0.692. The van der Waals surface area contributed by atoms with Crippen LogP contribution in [0.1, 0.15) is 0 Å². The van der Waals surface area contributed by atoms with Crippen LogP contribution in [0.2, 0.25) is 0 Å². The molecule has 0 aliphatic rings. The molecule has 0 radical (unpaired) electrons. The first-order valence-electron chi connectivity index (χ1n) is 5.58. The van der Waals surface area contributed by atoms with Crippen molar-refractivity contribution >= 4 is 11.5 Å². The van der Waals surface area contributed by atoms with Crippen LogP contribution in [0.25, 0.3) is 0 Å². The first kappa shape index (κ1) is 14.6. The number of nitro benzene ring substituents is 1. The predicted molar refractivity (Wildman–Crippen MR) is 66.8 cm³/mol. The lowest BCUT2D eigenvalue weighted by Gasteiger charge is -2.09. The van der Waals surface area contributed by atoms with Crippen molar-refractivity contribution in [3.63, 3.8) is 0 Å². The summed E-state index contributed by atoms with van der Waals surface area (Å²) in [6, 6.07) is 3.47. The Bertz CT molecular complexity index is 710. The molecule has 2 aromatic rings. The molecule has 0 saturated heterocycles. The Morgan fingerprint density at radius 1 is 1.24 bits per heavy atom. The van der Waals surface area contributed by atoms with Gasteiger partial charge in [-0.25, -0.2) is 13.2 Å². The minimum Gasteiger partial charge on any atom is -0.426 e. The minimum atomic E-state index is -1.22. The summed E-state index contributed by atoms with van der Waals surface area (Å²) < 4.78 is 45.3. The summed E-state index contributed by atoms with van der Waals surface area (Å²) in [5, 5.41) is 13.1. The minimum absolute atomic E-state index is 0.342. The number of nitrogens with zero attached hydrogens (tertiary/aromatic N) is 2. The summed E-state index contributed by atoms with van der Waals surface area (Å²) in [4.78, 5) is 13.4. The summed E-state index contributed by atoms with van der Waals surface area (Å²) in [7, 11) is 1.33. The van der Waals surface area contributed by atoms with E-state index in [0.29, 0.717) is 6.07 Å². The average Bonchev–Trinajstić information content (AvgIpc) is 2.43. The molecule has 6 nitrogen and oxygen atoms in total. The zero-order valence-corrected chi connectivity index (χ0v) is 10.6. The molecular formula is C12H8F3N3O3. The number of benzene rings is 1. The highest BCUT2D eigenvalue weighted by molar-refractivity contribution is 5.49. The number of hydrogen-bond acceptors (Lipinski definition) is 5. The van der Waals surface area contributed by atoms with E-state index >= 15 is 0 Å². The molecule has 0 unspecified atom stereocenters. The number of nitrogens with one attached hydrogen (secondary N) is 1. The maximum atomic E-state index is 13.6. The van der Waals surface area contributed by atoms with E-state index in [4.69, 9.17) is 4.74 Å². The number of rotatable bonds is 4. The second-order valence-electron chi connectivity index (χ2n) is 3.80. The first-order chi connectivity index (χ1) is 9.93. The number of ether oxygens (including phenoxy) is 1. The Balaban J connectivity index is 2.50. The van der Waals surface area contributed by atoms with Crippen molar-refractivity contribution in [2.45, 2.75) is 0 Å². The zero-order chi connectivity index (χ0) is 15.6.